The van der Waals surface area contributed by atoms with Gasteiger partial charge in [0.15, 0.2) is 0 Å². The van der Waals surface area contributed by atoms with E-state index in [4.69, 9.17) is 0 Å². The van der Waals surface area contributed by atoms with Crippen molar-refractivity contribution in [1.82, 2.24) is 9.97 Å². The molecule has 0 aliphatic carbocycles. The summed E-state index contributed by atoms with van der Waals surface area (Å²) < 4.78 is 12.9. The molecule has 0 radical (unpaired) electrons. The van der Waals surface area contributed by atoms with Crippen LogP contribution in [0.3, 0.4) is 0 Å². The molecule has 0 saturated heterocycles. The Hall–Kier alpha value is -2.30. The monoisotopic (exact) mass is 245 g/mol. The van der Waals surface area contributed by atoms with Gasteiger partial charge in [0.2, 0.25) is 5.95 Å². The Labute approximate surface area is 104 Å². The lowest BCUT2D eigenvalue weighted by Crippen LogP contribution is -2.13. The predicted octanol–water partition coefficient (Wildman–Crippen LogP) is 2.48. The average Bonchev–Trinajstić information content (AvgIpc) is 2.27. The second kappa shape index (κ2) is 4.91. The first kappa shape index (κ1) is 12.2. The predicted molar refractivity (Wildman–Crippen MR) is 65.9 cm³/mol. The molecule has 0 spiro atoms. The zero-order chi connectivity index (χ0) is 13.1. The van der Waals surface area contributed by atoms with Crippen molar-refractivity contribution in [1.29, 1.82) is 0 Å². The largest absolute Gasteiger partial charge is 0.307 e. The molecule has 0 atom stereocenters. The van der Waals surface area contributed by atoms with Crippen LogP contribution < -0.4 is 5.32 Å². The fraction of sp³-hybridized carbons (Fsp3) is 0.154. The second-order valence-corrected chi connectivity index (χ2v) is 3.99. The molecule has 2 aromatic heterocycles. The maximum absolute atomic E-state index is 12.9. The summed E-state index contributed by atoms with van der Waals surface area (Å²) >= 11 is 0. The minimum Gasteiger partial charge on any atom is -0.307 e. The van der Waals surface area contributed by atoms with E-state index in [1.54, 1.807) is 6.07 Å². The van der Waals surface area contributed by atoms with Gasteiger partial charge in [-0.15, -0.1) is 0 Å². The highest BCUT2D eigenvalue weighted by Crippen LogP contribution is 2.11. The quantitative estimate of drug-likeness (QED) is 0.827. The fourth-order valence-corrected chi connectivity index (χ4v) is 1.64. The van der Waals surface area contributed by atoms with Gasteiger partial charge < -0.3 is 5.32 Å². The first-order chi connectivity index (χ1) is 8.54. The number of carbonyl (C=O) groups is 1. The lowest BCUT2D eigenvalue weighted by atomic mass is 10.2. The van der Waals surface area contributed by atoms with Gasteiger partial charge in [0.25, 0.3) is 5.91 Å². The van der Waals surface area contributed by atoms with Crippen LogP contribution in [0.5, 0.6) is 0 Å². The zero-order valence-electron chi connectivity index (χ0n) is 10.1. The summed E-state index contributed by atoms with van der Waals surface area (Å²) in [6.45, 7) is 3.76. The van der Waals surface area contributed by atoms with Gasteiger partial charge in [0, 0.05) is 23.5 Å². The van der Waals surface area contributed by atoms with E-state index in [1.807, 2.05) is 19.9 Å². The molecule has 2 heterocycles. The molecular weight excluding hydrogens is 233 g/mol. The Balaban J connectivity index is 2.21. The number of anilines is 1. The third-order valence-electron chi connectivity index (χ3n) is 2.33. The van der Waals surface area contributed by atoms with Gasteiger partial charge in [-0.1, -0.05) is 0 Å². The van der Waals surface area contributed by atoms with Gasteiger partial charge in [-0.3, -0.25) is 4.79 Å². The van der Waals surface area contributed by atoms with Crippen molar-refractivity contribution >= 4 is 11.7 Å². The van der Waals surface area contributed by atoms with Crippen LogP contribution in [-0.4, -0.2) is 15.9 Å². The van der Waals surface area contributed by atoms with Crippen molar-refractivity contribution in [2.45, 2.75) is 13.8 Å². The number of hydrogen-bond donors (Lipinski definition) is 1. The van der Waals surface area contributed by atoms with Crippen molar-refractivity contribution in [3.63, 3.8) is 0 Å². The number of nitrogens with zero attached hydrogens (tertiary/aromatic N) is 2. The number of halogens is 1. The standard InChI is InChI=1S/C13H12FN3O/c1-8-5-9(2)16-12(6-8)17-13(18)10-3-4-15-11(14)7-10/h3-7H,1-2H3,(H,16,17,18). The molecule has 0 aliphatic rings. The van der Waals surface area contributed by atoms with Crippen LogP contribution in [0.25, 0.3) is 0 Å². The number of carbonyl (C=O) groups excluding carboxylic acids is 1. The average molecular weight is 245 g/mol. The van der Waals surface area contributed by atoms with Gasteiger partial charge in [0.05, 0.1) is 0 Å². The molecule has 0 aromatic carbocycles. The number of amides is 1. The Morgan fingerprint density at radius 3 is 2.72 bits per heavy atom. The van der Waals surface area contributed by atoms with E-state index in [0.29, 0.717) is 5.82 Å². The van der Waals surface area contributed by atoms with Crippen molar-refractivity contribution in [3.05, 3.63) is 53.2 Å². The molecule has 18 heavy (non-hydrogen) atoms. The maximum atomic E-state index is 12.9. The number of aryl methyl sites for hydroxylation is 2. The highest BCUT2D eigenvalue weighted by atomic mass is 19.1. The number of nitrogens with one attached hydrogen (secondary N) is 1. The molecule has 0 bridgehead atoms. The summed E-state index contributed by atoms with van der Waals surface area (Å²) in [7, 11) is 0. The molecule has 2 rings (SSSR count). The van der Waals surface area contributed by atoms with Crippen molar-refractivity contribution in [2.24, 2.45) is 0 Å². The smallest absolute Gasteiger partial charge is 0.257 e. The van der Waals surface area contributed by atoms with Gasteiger partial charge in [0.1, 0.15) is 5.82 Å². The van der Waals surface area contributed by atoms with E-state index in [9.17, 15) is 9.18 Å². The highest BCUT2D eigenvalue weighted by molar-refractivity contribution is 6.03. The van der Waals surface area contributed by atoms with Gasteiger partial charge in [-0.25, -0.2) is 9.97 Å². The molecule has 1 amide bonds. The minimum absolute atomic E-state index is 0.212. The lowest BCUT2D eigenvalue weighted by molar-refractivity contribution is 0.102. The van der Waals surface area contributed by atoms with Crippen LogP contribution in [0.15, 0.2) is 30.5 Å². The summed E-state index contributed by atoms with van der Waals surface area (Å²) in [4.78, 5) is 19.4. The van der Waals surface area contributed by atoms with Crippen LogP contribution in [0, 0.1) is 19.8 Å². The number of rotatable bonds is 2. The summed E-state index contributed by atoms with van der Waals surface area (Å²) in [6, 6.07) is 6.18. The minimum atomic E-state index is -0.684. The molecule has 5 heteroatoms. The maximum Gasteiger partial charge on any atom is 0.257 e. The van der Waals surface area contributed by atoms with Crippen molar-refractivity contribution < 1.29 is 9.18 Å². The van der Waals surface area contributed by atoms with E-state index in [2.05, 4.69) is 15.3 Å². The molecule has 92 valence electrons. The topological polar surface area (TPSA) is 54.9 Å². The fourth-order valence-electron chi connectivity index (χ4n) is 1.64. The normalized spacial score (nSPS) is 10.2. The third-order valence-corrected chi connectivity index (χ3v) is 2.33. The number of pyridine rings is 2. The van der Waals surface area contributed by atoms with Gasteiger partial charge in [-0.05, 0) is 37.6 Å². The molecular formula is C13H12FN3O. The second-order valence-electron chi connectivity index (χ2n) is 3.99. The summed E-state index contributed by atoms with van der Waals surface area (Å²) in [5, 5.41) is 2.62. The van der Waals surface area contributed by atoms with E-state index < -0.39 is 11.9 Å². The van der Waals surface area contributed by atoms with Crippen LogP contribution in [0.4, 0.5) is 10.2 Å². The summed E-state index contributed by atoms with van der Waals surface area (Å²) in [6.07, 6.45) is 1.25. The highest BCUT2D eigenvalue weighted by Gasteiger charge is 2.08. The zero-order valence-corrected chi connectivity index (χ0v) is 10.1. The molecule has 0 aliphatic heterocycles. The van der Waals surface area contributed by atoms with E-state index in [1.165, 1.54) is 12.3 Å². The first-order valence-corrected chi connectivity index (χ1v) is 5.43. The van der Waals surface area contributed by atoms with Crippen LogP contribution in [0.1, 0.15) is 21.6 Å². The SMILES string of the molecule is Cc1cc(C)nc(NC(=O)c2ccnc(F)c2)c1. The van der Waals surface area contributed by atoms with E-state index in [-0.39, 0.29) is 5.56 Å². The van der Waals surface area contributed by atoms with E-state index in [0.717, 1.165) is 17.3 Å². The van der Waals surface area contributed by atoms with Crippen LogP contribution >= 0.6 is 0 Å². The Bertz CT molecular complexity index is 578. The Kier molecular flexibility index (Phi) is 3.32. The van der Waals surface area contributed by atoms with Gasteiger partial charge >= 0.3 is 0 Å². The molecule has 1 N–H and O–H groups in total. The number of hydrogen-bond acceptors (Lipinski definition) is 3. The molecule has 0 fully saturated rings. The van der Waals surface area contributed by atoms with Crippen molar-refractivity contribution in [3.8, 4) is 0 Å². The molecule has 4 nitrogen and oxygen atoms in total. The summed E-state index contributed by atoms with van der Waals surface area (Å²) in [5.74, 6) is -0.639. The summed E-state index contributed by atoms with van der Waals surface area (Å²) in [5.41, 5.74) is 2.02. The Morgan fingerprint density at radius 1 is 1.28 bits per heavy atom. The lowest BCUT2D eigenvalue weighted by Gasteiger charge is -2.06. The van der Waals surface area contributed by atoms with Crippen LogP contribution in [0.2, 0.25) is 0 Å². The molecule has 2 aromatic rings. The molecule has 0 saturated carbocycles. The van der Waals surface area contributed by atoms with Gasteiger partial charge in [-0.2, -0.15) is 4.39 Å². The van der Waals surface area contributed by atoms with Crippen LogP contribution in [-0.2, 0) is 0 Å². The molecule has 0 unspecified atom stereocenters. The first-order valence-electron chi connectivity index (χ1n) is 5.43. The third kappa shape index (κ3) is 2.88. The van der Waals surface area contributed by atoms with E-state index >= 15 is 0 Å². The number of aromatic nitrogens is 2. The Morgan fingerprint density at radius 2 is 2.06 bits per heavy atom. The van der Waals surface area contributed by atoms with Crippen molar-refractivity contribution in [2.75, 3.05) is 5.32 Å².